The van der Waals surface area contributed by atoms with Gasteiger partial charge >= 0.3 is 11.9 Å². The monoisotopic (exact) mass is 176 g/mol. The highest BCUT2D eigenvalue weighted by Gasteiger charge is 1.85. The Morgan fingerprint density at radius 1 is 1.00 bits per heavy atom. The van der Waals surface area contributed by atoms with Crippen molar-refractivity contribution in [2.75, 3.05) is 0 Å². The Labute approximate surface area is 68.2 Å². The van der Waals surface area contributed by atoms with Crippen LogP contribution in [-0.4, -0.2) is 22.5 Å². The summed E-state index contributed by atoms with van der Waals surface area (Å²) in [5, 5.41) is 14.8. The molecule has 0 amide bonds. The third-order valence-corrected chi connectivity index (χ3v) is 0.513. The van der Waals surface area contributed by atoms with Gasteiger partial charge in [-0.05, 0) is 0 Å². The minimum Gasteiger partial charge on any atom is -0.296 e. The van der Waals surface area contributed by atoms with Crippen LogP contribution in [0.15, 0.2) is 25.3 Å². The molecule has 0 aromatic rings. The third kappa shape index (κ3) is 11.2. The van der Waals surface area contributed by atoms with E-state index in [1.165, 1.54) is 0 Å². The fourth-order valence-electron chi connectivity index (χ4n) is 0.0745. The summed E-state index contributed by atoms with van der Waals surface area (Å²) in [6.45, 7) is 5.99. The molecule has 0 rings (SSSR count). The van der Waals surface area contributed by atoms with Crippen molar-refractivity contribution in [3.63, 3.8) is 0 Å². The Bertz CT molecular complexity index is 153. The number of hydrogen-bond donors (Lipinski definition) is 2. The van der Waals surface area contributed by atoms with Crippen LogP contribution in [0.4, 0.5) is 0 Å². The van der Waals surface area contributed by atoms with Crippen molar-refractivity contribution in [3.05, 3.63) is 25.3 Å². The van der Waals surface area contributed by atoms with E-state index in [1.54, 1.807) is 0 Å². The van der Waals surface area contributed by atoms with Crippen LogP contribution >= 0.6 is 0 Å². The highest BCUT2D eigenvalue weighted by Crippen LogP contribution is 1.67. The zero-order chi connectivity index (χ0) is 9.98. The maximum absolute atomic E-state index is 9.59. The van der Waals surface area contributed by atoms with E-state index in [2.05, 4.69) is 22.9 Å². The molecule has 0 unspecified atom stereocenters. The molecule has 0 aliphatic heterocycles. The fourth-order valence-corrected chi connectivity index (χ4v) is 0.0745. The van der Waals surface area contributed by atoms with Gasteiger partial charge in [-0.2, -0.15) is 10.5 Å². The second-order valence-electron chi connectivity index (χ2n) is 1.23. The molecule has 6 heteroatoms. The molecular weight excluding hydrogens is 168 g/mol. The molecule has 0 saturated carbocycles. The smallest absolute Gasteiger partial charge is 0.296 e. The molecular formula is C6H8O6. The first kappa shape index (κ1) is 13.0. The largest absolute Gasteiger partial charge is 0.365 e. The molecule has 68 valence electrons. The summed E-state index contributed by atoms with van der Waals surface area (Å²) in [7, 11) is 0. The molecule has 0 saturated heterocycles. The first-order valence-corrected chi connectivity index (χ1v) is 2.58. The van der Waals surface area contributed by atoms with Gasteiger partial charge in [-0.25, -0.2) is 9.59 Å². The van der Waals surface area contributed by atoms with Gasteiger partial charge in [-0.1, -0.05) is 13.2 Å². The average Bonchev–Trinajstić information content (AvgIpc) is 2.16. The SMILES string of the molecule is C=CC(=O)OO.C=CC(=O)OO. The summed E-state index contributed by atoms with van der Waals surface area (Å²) in [6, 6.07) is 0. The minimum absolute atomic E-state index is 0.838. The standard InChI is InChI=1S/2C3H4O3/c2*1-2-3(4)6-5/h2*2,5H,1H2. The lowest BCUT2D eigenvalue weighted by Crippen LogP contribution is -1.92. The second kappa shape index (κ2) is 9.34. The van der Waals surface area contributed by atoms with Gasteiger partial charge in [0, 0.05) is 12.2 Å². The molecule has 2 N–H and O–H groups in total. The van der Waals surface area contributed by atoms with Gasteiger partial charge in [0.1, 0.15) is 0 Å². The van der Waals surface area contributed by atoms with E-state index in [0.717, 1.165) is 12.2 Å². The second-order valence-corrected chi connectivity index (χ2v) is 1.23. The summed E-state index contributed by atoms with van der Waals surface area (Å²) in [5.74, 6) is -1.68. The molecule has 0 fully saturated rings. The highest BCUT2D eigenvalue weighted by atomic mass is 17.1. The van der Waals surface area contributed by atoms with Crippen LogP contribution in [0.25, 0.3) is 0 Å². The van der Waals surface area contributed by atoms with Gasteiger partial charge in [-0.3, -0.25) is 9.78 Å². The fraction of sp³-hybridized carbons (Fsp3) is 0. The molecule has 0 atom stereocenters. The molecule has 12 heavy (non-hydrogen) atoms. The predicted molar refractivity (Wildman–Crippen MR) is 37.8 cm³/mol. The van der Waals surface area contributed by atoms with Gasteiger partial charge in [0.2, 0.25) is 0 Å². The topological polar surface area (TPSA) is 93.1 Å². The summed E-state index contributed by atoms with van der Waals surface area (Å²) < 4.78 is 0. The van der Waals surface area contributed by atoms with Gasteiger partial charge in [0.25, 0.3) is 0 Å². The zero-order valence-electron chi connectivity index (χ0n) is 6.10. The number of rotatable bonds is 2. The lowest BCUT2D eigenvalue weighted by Gasteiger charge is -1.78. The van der Waals surface area contributed by atoms with E-state index < -0.39 is 11.9 Å². The van der Waals surface area contributed by atoms with Crippen molar-refractivity contribution < 1.29 is 29.9 Å². The summed E-state index contributed by atoms with van der Waals surface area (Å²) in [5.41, 5.74) is 0. The number of hydrogen-bond acceptors (Lipinski definition) is 6. The van der Waals surface area contributed by atoms with Crippen molar-refractivity contribution in [2.45, 2.75) is 0 Å². The van der Waals surface area contributed by atoms with E-state index in [0.29, 0.717) is 0 Å². The Hall–Kier alpha value is -1.66. The van der Waals surface area contributed by atoms with Gasteiger partial charge in [-0.15, -0.1) is 0 Å². The maximum atomic E-state index is 9.59. The maximum Gasteiger partial charge on any atom is 0.365 e. The van der Waals surface area contributed by atoms with Crippen molar-refractivity contribution in [2.24, 2.45) is 0 Å². The third-order valence-electron chi connectivity index (χ3n) is 0.513. The molecule has 0 radical (unpaired) electrons. The van der Waals surface area contributed by atoms with Gasteiger partial charge in [0.15, 0.2) is 0 Å². The van der Waals surface area contributed by atoms with Crippen molar-refractivity contribution in [1.29, 1.82) is 0 Å². The first-order chi connectivity index (χ1) is 5.62. The molecule has 0 heterocycles. The summed E-state index contributed by atoms with van der Waals surface area (Å²) in [4.78, 5) is 25.5. The molecule has 0 bridgehead atoms. The van der Waals surface area contributed by atoms with Crippen LogP contribution in [0.3, 0.4) is 0 Å². The molecule has 0 aliphatic carbocycles. The molecule has 0 aromatic carbocycles. The highest BCUT2D eigenvalue weighted by molar-refractivity contribution is 5.80. The van der Waals surface area contributed by atoms with Crippen molar-refractivity contribution in [1.82, 2.24) is 0 Å². The molecule has 0 spiro atoms. The zero-order valence-corrected chi connectivity index (χ0v) is 6.10. The van der Waals surface area contributed by atoms with E-state index in [-0.39, 0.29) is 0 Å². The molecule has 6 nitrogen and oxygen atoms in total. The Morgan fingerprint density at radius 3 is 1.25 bits per heavy atom. The van der Waals surface area contributed by atoms with Gasteiger partial charge in [0.05, 0.1) is 0 Å². The van der Waals surface area contributed by atoms with Crippen LogP contribution in [0.5, 0.6) is 0 Å². The minimum atomic E-state index is -0.838. The van der Waals surface area contributed by atoms with Gasteiger partial charge < -0.3 is 0 Å². The average molecular weight is 176 g/mol. The first-order valence-electron chi connectivity index (χ1n) is 2.58. The van der Waals surface area contributed by atoms with Crippen LogP contribution in [0, 0.1) is 0 Å². The van der Waals surface area contributed by atoms with E-state index in [4.69, 9.17) is 10.5 Å². The van der Waals surface area contributed by atoms with Crippen LogP contribution in [-0.2, 0) is 19.4 Å². The van der Waals surface area contributed by atoms with E-state index in [1.807, 2.05) is 0 Å². The van der Waals surface area contributed by atoms with E-state index in [9.17, 15) is 9.59 Å². The number of carbonyl (C=O) groups excluding carboxylic acids is 2. The lowest BCUT2D eigenvalue weighted by molar-refractivity contribution is -0.228. The van der Waals surface area contributed by atoms with Crippen LogP contribution in [0.1, 0.15) is 0 Å². The summed E-state index contributed by atoms with van der Waals surface area (Å²) in [6.07, 6.45) is 1.72. The molecule has 0 aliphatic rings. The lowest BCUT2D eigenvalue weighted by atomic mass is 10.7. The normalized spacial score (nSPS) is 6.83. The van der Waals surface area contributed by atoms with Crippen molar-refractivity contribution >= 4 is 11.9 Å². The van der Waals surface area contributed by atoms with Crippen molar-refractivity contribution in [3.8, 4) is 0 Å². The molecule has 0 aromatic heterocycles. The van der Waals surface area contributed by atoms with Crippen LogP contribution in [0.2, 0.25) is 0 Å². The summed E-state index contributed by atoms with van der Waals surface area (Å²) >= 11 is 0. The quantitative estimate of drug-likeness (QED) is 0.359. The van der Waals surface area contributed by atoms with Crippen LogP contribution < -0.4 is 0 Å². The number of carbonyl (C=O) groups is 2. The Morgan fingerprint density at radius 2 is 1.25 bits per heavy atom. The Balaban J connectivity index is 0. The predicted octanol–water partition coefficient (Wildman–Crippen LogP) is 0.377. The van der Waals surface area contributed by atoms with E-state index >= 15 is 0 Å². The Kier molecular flexibility index (Phi) is 10.1.